The lowest BCUT2D eigenvalue weighted by molar-refractivity contribution is -0.150. The molecule has 0 unspecified atom stereocenters. The summed E-state index contributed by atoms with van der Waals surface area (Å²) in [5.41, 5.74) is -0.998. The summed E-state index contributed by atoms with van der Waals surface area (Å²) in [6.45, 7) is -2.35. The Kier molecular flexibility index (Phi) is 6.71. The first kappa shape index (κ1) is 22.4. The van der Waals surface area contributed by atoms with Gasteiger partial charge in [0, 0.05) is 0 Å². The van der Waals surface area contributed by atoms with Gasteiger partial charge in [0.15, 0.2) is 6.61 Å². The number of nitrogens with zero attached hydrogens (tertiary/aromatic N) is 1. The molecule has 0 radical (unpaired) electrons. The molecule has 3 rings (SSSR count). The number of para-hydroxylation sites is 2. The predicted octanol–water partition coefficient (Wildman–Crippen LogP) is 2.27. The molecule has 1 aliphatic heterocycles. The number of anilines is 1. The van der Waals surface area contributed by atoms with Gasteiger partial charge in [0.1, 0.15) is 17.8 Å². The quantitative estimate of drug-likeness (QED) is 0.498. The van der Waals surface area contributed by atoms with Crippen LogP contribution in [0.3, 0.4) is 0 Å². The van der Waals surface area contributed by atoms with Gasteiger partial charge in [-0.2, -0.15) is 8.78 Å². The number of alkyl halides is 2. The Morgan fingerprint density at radius 2 is 1.94 bits per heavy atom. The van der Waals surface area contributed by atoms with Crippen molar-refractivity contribution in [3.63, 3.8) is 0 Å². The van der Waals surface area contributed by atoms with E-state index in [2.05, 4.69) is 22.3 Å². The fourth-order valence-electron chi connectivity index (χ4n) is 3.69. The molecule has 0 bridgehead atoms. The third kappa shape index (κ3) is 5.28. The largest absolute Gasteiger partial charge is 0.454 e. The van der Waals surface area contributed by atoms with E-state index in [1.165, 1.54) is 24.3 Å². The molecular weight excluding hydrogens is 416 g/mol. The van der Waals surface area contributed by atoms with Gasteiger partial charge in [0.05, 0.1) is 5.69 Å². The van der Waals surface area contributed by atoms with Crippen molar-refractivity contribution in [2.24, 2.45) is 5.92 Å². The second kappa shape index (κ2) is 9.27. The SMILES string of the molecule is CC1CCC2(CC1)NC(=O)N(CC(=O)OCC(=O)Nc1ccccc1OC(F)F)C2=O. The van der Waals surface area contributed by atoms with E-state index in [9.17, 15) is 28.0 Å². The first-order chi connectivity index (χ1) is 14.7. The number of carbonyl (C=O) groups is 4. The van der Waals surface area contributed by atoms with Crippen molar-refractivity contribution in [3.05, 3.63) is 24.3 Å². The predicted molar refractivity (Wildman–Crippen MR) is 103 cm³/mol. The van der Waals surface area contributed by atoms with Crippen LogP contribution in [-0.4, -0.2) is 54.0 Å². The zero-order valence-corrected chi connectivity index (χ0v) is 16.9. The van der Waals surface area contributed by atoms with Crippen LogP contribution in [-0.2, 0) is 19.1 Å². The summed E-state index contributed by atoms with van der Waals surface area (Å²) in [6.07, 6.45) is 2.60. The third-order valence-corrected chi connectivity index (χ3v) is 5.40. The smallest absolute Gasteiger partial charge is 0.387 e. The summed E-state index contributed by atoms with van der Waals surface area (Å²) in [4.78, 5) is 49.8. The number of nitrogens with one attached hydrogen (secondary N) is 2. The minimum Gasteiger partial charge on any atom is -0.454 e. The highest BCUT2D eigenvalue weighted by molar-refractivity contribution is 6.08. The molecule has 1 aromatic rings. The monoisotopic (exact) mass is 439 g/mol. The van der Waals surface area contributed by atoms with E-state index < -0.39 is 49.1 Å². The molecule has 168 valence electrons. The van der Waals surface area contributed by atoms with Crippen LogP contribution in [0.25, 0.3) is 0 Å². The first-order valence-electron chi connectivity index (χ1n) is 9.83. The third-order valence-electron chi connectivity index (χ3n) is 5.40. The van der Waals surface area contributed by atoms with Crippen LogP contribution in [0.5, 0.6) is 5.75 Å². The molecule has 1 heterocycles. The Bertz CT molecular complexity index is 870. The fraction of sp³-hybridized carbons (Fsp3) is 0.500. The van der Waals surface area contributed by atoms with Crippen molar-refractivity contribution in [1.29, 1.82) is 0 Å². The van der Waals surface area contributed by atoms with Gasteiger partial charge in [0.25, 0.3) is 11.8 Å². The maximum atomic E-state index is 12.7. The number of hydrogen-bond acceptors (Lipinski definition) is 6. The van der Waals surface area contributed by atoms with E-state index >= 15 is 0 Å². The molecule has 2 aliphatic rings. The van der Waals surface area contributed by atoms with E-state index in [1.54, 1.807) is 0 Å². The van der Waals surface area contributed by atoms with Gasteiger partial charge in [-0.25, -0.2) is 4.79 Å². The zero-order chi connectivity index (χ0) is 22.6. The van der Waals surface area contributed by atoms with Gasteiger partial charge in [-0.3, -0.25) is 19.3 Å². The first-order valence-corrected chi connectivity index (χ1v) is 9.83. The Morgan fingerprint density at radius 1 is 1.26 bits per heavy atom. The Morgan fingerprint density at radius 3 is 2.61 bits per heavy atom. The van der Waals surface area contributed by atoms with Crippen molar-refractivity contribution >= 4 is 29.5 Å². The van der Waals surface area contributed by atoms with E-state index in [4.69, 9.17) is 4.74 Å². The average molecular weight is 439 g/mol. The molecular formula is C20H23F2N3O6. The van der Waals surface area contributed by atoms with Crippen molar-refractivity contribution in [3.8, 4) is 5.75 Å². The van der Waals surface area contributed by atoms with Crippen molar-refractivity contribution < 1.29 is 37.4 Å². The van der Waals surface area contributed by atoms with E-state index in [-0.39, 0.29) is 11.4 Å². The number of benzene rings is 1. The van der Waals surface area contributed by atoms with Crippen molar-refractivity contribution in [1.82, 2.24) is 10.2 Å². The number of hydrogen-bond donors (Lipinski definition) is 2. The summed E-state index contributed by atoms with van der Waals surface area (Å²) in [5, 5.41) is 4.99. The highest BCUT2D eigenvalue weighted by Crippen LogP contribution is 2.36. The highest BCUT2D eigenvalue weighted by Gasteiger charge is 2.52. The minimum atomic E-state index is -3.07. The average Bonchev–Trinajstić information content (AvgIpc) is 2.94. The molecule has 4 amide bonds. The summed E-state index contributed by atoms with van der Waals surface area (Å²) >= 11 is 0. The maximum Gasteiger partial charge on any atom is 0.387 e. The summed E-state index contributed by atoms with van der Waals surface area (Å²) < 4.78 is 34.0. The lowest BCUT2D eigenvalue weighted by atomic mass is 9.77. The molecule has 0 aromatic heterocycles. The summed E-state index contributed by atoms with van der Waals surface area (Å²) in [7, 11) is 0. The summed E-state index contributed by atoms with van der Waals surface area (Å²) in [5.74, 6) is -2.00. The highest BCUT2D eigenvalue weighted by atomic mass is 19.3. The minimum absolute atomic E-state index is 0.0218. The maximum absolute atomic E-state index is 12.7. The Labute approximate surface area is 177 Å². The van der Waals surface area contributed by atoms with E-state index in [1.807, 2.05) is 0 Å². The van der Waals surface area contributed by atoms with Crippen LogP contribution in [0, 0.1) is 5.92 Å². The molecule has 1 spiro atoms. The van der Waals surface area contributed by atoms with Gasteiger partial charge in [-0.1, -0.05) is 19.1 Å². The second-order valence-electron chi connectivity index (χ2n) is 7.67. The molecule has 0 atom stereocenters. The van der Waals surface area contributed by atoms with Gasteiger partial charge >= 0.3 is 18.6 Å². The number of carbonyl (C=O) groups excluding carboxylic acids is 4. The van der Waals surface area contributed by atoms with Crippen molar-refractivity contribution in [2.75, 3.05) is 18.5 Å². The van der Waals surface area contributed by atoms with Crippen molar-refractivity contribution in [2.45, 2.75) is 44.8 Å². The second-order valence-corrected chi connectivity index (χ2v) is 7.67. The molecule has 1 saturated heterocycles. The van der Waals surface area contributed by atoms with Crippen LogP contribution >= 0.6 is 0 Å². The topological polar surface area (TPSA) is 114 Å². The zero-order valence-electron chi connectivity index (χ0n) is 16.9. The number of urea groups is 1. The number of rotatable bonds is 7. The lowest BCUT2D eigenvalue weighted by Crippen LogP contribution is -2.49. The normalized spacial score (nSPS) is 23.1. The van der Waals surface area contributed by atoms with Crippen LogP contribution in [0.2, 0.25) is 0 Å². The number of esters is 1. The molecule has 2 fully saturated rings. The van der Waals surface area contributed by atoms with E-state index in [0.717, 1.165) is 17.7 Å². The molecule has 31 heavy (non-hydrogen) atoms. The number of amides is 4. The van der Waals surface area contributed by atoms with Gasteiger partial charge in [-0.05, 0) is 43.7 Å². The number of ether oxygens (including phenoxy) is 2. The van der Waals surface area contributed by atoms with Gasteiger partial charge in [0.2, 0.25) is 0 Å². The molecule has 11 heteroatoms. The van der Waals surface area contributed by atoms with Gasteiger partial charge < -0.3 is 20.1 Å². The molecule has 2 N–H and O–H groups in total. The van der Waals surface area contributed by atoms with Crippen LogP contribution in [0.4, 0.5) is 19.3 Å². The summed E-state index contributed by atoms with van der Waals surface area (Å²) in [6, 6.07) is 4.87. The lowest BCUT2D eigenvalue weighted by Gasteiger charge is -2.33. The Balaban J connectivity index is 1.51. The molecule has 9 nitrogen and oxygen atoms in total. The standard InChI is InChI=1S/C20H23F2N3O6/c1-12-6-8-20(9-7-12)17(28)25(19(29)24-20)10-16(27)30-11-15(26)23-13-4-2-3-5-14(13)31-18(21)22/h2-5,12,18H,6-11H2,1H3,(H,23,26)(H,24,29). The molecule has 1 aliphatic carbocycles. The van der Waals surface area contributed by atoms with Crippen LogP contribution in [0.15, 0.2) is 24.3 Å². The molecule has 1 aromatic carbocycles. The van der Waals surface area contributed by atoms with Crippen LogP contribution in [0.1, 0.15) is 32.6 Å². The fourth-order valence-corrected chi connectivity index (χ4v) is 3.69. The van der Waals surface area contributed by atoms with E-state index in [0.29, 0.717) is 18.8 Å². The Hall–Kier alpha value is -3.24. The van der Waals surface area contributed by atoms with Crippen LogP contribution < -0.4 is 15.4 Å². The number of halogens is 2. The number of imide groups is 1. The molecule has 1 saturated carbocycles. The van der Waals surface area contributed by atoms with Gasteiger partial charge in [-0.15, -0.1) is 0 Å².